The van der Waals surface area contributed by atoms with Crippen molar-refractivity contribution >= 4 is 17.7 Å². The first-order valence-corrected chi connectivity index (χ1v) is 9.82. The van der Waals surface area contributed by atoms with Crippen LogP contribution in [0.2, 0.25) is 0 Å². The molecule has 2 unspecified atom stereocenters. The first kappa shape index (κ1) is 18.1. The van der Waals surface area contributed by atoms with E-state index in [1.165, 1.54) is 19.3 Å². The molecule has 4 rings (SSSR count). The number of amides is 3. The number of benzene rings is 1. The Balaban J connectivity index is 1.37. The molecular formula is C20H26N4O3. The molecule has 2 saturated heterocycles. The normalized spacial score (nSPS) is 25.5. The van der Waals surface area contributed by atoms with Crippen LogP contribution in [0.25, 0.3) is 0 Å². The Morgan fingerprint density at radius 3 is 2.81 bits per heavy atom. The lowest BCUT2D eigenvalue weighted by Crippen LogP contribution is -2.52. The minimum atomic E-state index is -0.554. The van der Waals surface area contributed by atoms with E-state index in [1.807, 2.05) is 18.2 Å². The smallest absolute Gasteiger partial charge is 0.255 e. The van der Waals surface area contributed by atoms with Crippen molar-refractivity contribution in [3.05, 3.63) is 34.9 Å². The van der Waals surface area contributed by atoms with Gasteiger partial charge in [0.15, 0.2) is 0 Å². The number of nitrogens with zero attached hydrogens (tertiary/aromatic N) is 1. The molecule has 3 N–H and O–H groups in total. The maximum atomic E-state index is 12.8. The zero-order valence-electron chi connectivity index (χ0n) is 15.4. The Morgan fingerprint density at radius 2 is 2.04 bits per heavy atom. The lowest BCUT2D eigenvalue weighted by molar-refractivity contribution is -0.136. The van der Waals surface area contributed by atoms with Crippen molar-refractivity contribution in [2.24, 2.45) is 0 Å². The minimum absolute atomic E-state index is 0.115. The molecule has 0 saturated carbocycles. The predicted molar refractivity (Wildman–Crippen MR) is 99.8 cm³/mol. The summed E-state index contributed by atoms with van der Waals surface area (Å²) in [7, 11) is 0. The van der Waals surface area contributed by atoms with E-state index in [-0.39, 0.29) is 24.1 Å². The Labute approximate surface area is 158 Å². The monoisotopic (exact) mass is 370 g/mol. The molecule has 0 radical (unpaired) electrons. The number of rotatable bonds is 5. The van der Waals surface area contributed by atoms with E-state index in [0.29, 0.717) is 24.6 Å². The van der Waals surface area contributed by atoms with Crippen LogP contribution >= 0.6 is 0 Å². The summed E-state index contributed by atoms with van der Waals surface area (Å²) in [5.74, 6) is -0.745. The zero-order valence-corrected chi connectivity index (χ0v) is 15.4. The third kappa shape index (κ3) is 3.89. The molecule has 0 aliphatic carbocycles. The van der Waals surface area contributed by atoms with Crippen molar-refractivity contribution < 1.29 is 14.4 Å². The number of piperidine rings is 2. The Bertz CT molecular complexity index is 758. The summed E-state index contributed by atoms with van der Waals surface area (Å²) in [5.41, 5.74) is 2.69. The molecule has 2 fully saturated rings. The SMILES string of the molecule is O=C1CCC(N2Cc3ccc(CNCC4CCCCN4)cc3C2=O)C(=O)N1. The third-order valence-electron chi connectivity index (χ3n) is 5.72. The fourth-order valence-electron chi connectivity index (χ4n) is 4.20. The Hall–Kier alpha value is -2.25. The highest BCUT2D eigenvalue weighted by Crippen LogP contribution is 2.28. The minimum Gasteiger partial charge on any atom is -0.322 e. The van der Waals surface area contributed by atoms with Gasteiger partial charge in [-0.25, -0.2) is 0 Å². The predicted octanol–water partition coefficient (Wildman–Crippen LogP) is 0.679. The molecule has 3 heterocycles. The third-order valence-corrected chi connectivity index (χ3v) is 5.72. The first-order valence-electron chi connectivity index (χ1n) is 9.82. The number of nitrogens with one attached hydrogen (secondary N) is 3. The summed E-state index contributed by atoms with van der Waals surface area (Å²) in [6.45, 7) is 3.17. The van der Waals surface area contributed by atoms with Crippen LogP contribution in [0.1, 0.15) is 53.6 Å². The van der Waals surface area contributed by atoms with Crippen molar-refractivity contribution in [2.75, 3.05) is 13.1 Å². The molecule has 144 valence electrons. The summed E-state index contributed by atoms with van der Waals surface area (Å²) in [6, 6.07) is 5.93. The molecule has 0 spiro atoms. The highest BCUT2D eigenvalue weighted by molar-refractivity contribution is 6.05. The molecule has 1 aromatic rings. The van der Waals surface area contributed by atoms with Crippen molar-refractivity contribution in [3.8, 4) is 0 Å². The van der Waals surface area contributed by atoms with Gasteiger partial charge >= 0.3 is 0 Å². The zero-order chi connectivity index (χ0) is 18.8. The summed E-state index contributed by atoms with van der Waals surface area (Å²) >= 11 is 0. The van der Waals surface area contributed by atoms with E-state index < -0.39 is 6.04 Å². The molecule has 1 aromatic carbocycles. The number of hydrogen-bond acceptors (Lipinski definition) is 5. The lowest BCUT2D eigenvalue weighted by atomic mass is 10.0. The average molecular weight is 370 g/mol. The van der Waals surface area contributed by atoms with Crippen LogP contribution in [0.15, 0.2) is 18.2 Å². The summed E-state index contributed by atoms with van der Waals surface area (Å²) in [5, 5.41) is 9.33. The quantitative estimate of drug-likeness (QED) is 0.663. The maximum absolute atomic E-state index is 12.8. The molecule has 2 atom stereocenters. The van der Waals surface area contributed by atoms with Crippen LogP contribution in [0.5, 0.6) is 0 Å². The molecule has 3 aliphatic rings. The summed E-state index contributed by atoms with van der Waals surface area (Å²) in [4.78, 5) is 37.9. The second-order valence-corrected chi connectivity index (χ2v) is 7.67. The summed E-state index contributed by atoms with van der Waals surface area (Å²) in [6.07, 6.45) is 4.42. The number of fused-ring (bicyclic) bond motifs is 1. The highest BCUT2D eigenvalue weighted by atomic mass is 16.2. The number of carbonyl (C=O) groups excluding carboxylic acids is 3. The standard InChI is InChI=1S/C20H26N4O3/c25-18-7-6-17(19(26)23-18)24-12-14-5-4-13(9-16(14)20(24)27)10-21-11-15-3-1-2-8-22-15/h4-5,9,15,17,21-22H,1-3,6-8,10-12H2,(H,23,25,26). The van der Waals surface area contributed by atoms with Gasteiger partial charge in [-0.05, 0) is 43.0 Å². The molecule has 27 heavy (non-hydrogen) atoms. The van der Waals surface area contributed by atoms with Crippen LogP contribution < -0.4 is 16.0 Å². The topological polar surface area (TPSA) is 90.5 Å². The lowest BCUT2D eigenvalue weighted by Gasteiger charge is -2.29. The number of imide groups is 1. The van der Waals surface area contributed by atoms with Crippen LogP contribution in [0, 0.1) is 0 Å². The Morgan fingerprint density at radius 1 is 1.15 bits per heavy atom. The van der Waals surface area contributed by atoms with Gasteiger partial charge in [0.25, 0.3) is 5.91 Å². The van der Waals surface area contributed by atoms with E-state index in [1.54, 1.807) is 4.90 Å². The van der Waals surface area contributed by atoms with Gasteiger partial charge in [0.1, 0.15) is 6.04 Å². The van der Waals surface area contributed by atoms with E-state index >= 15 is 0 Å². The molecule has 7 heteroatoms. The maximum Gasteiger partial charge on any atom is 0.255 e. The fraction of sp³-hybridized carbons (Fsp3) is 0.550. The van der Waals surface area contributed by atoms with Crippen LogP contribution in [0.3, 0.4) is 0 Å². The van der Waals surface area contributed by atoms with Gasteiger partial charge in [0.2, 0.25) is 11.8 Å². The molecule has 0 aromatic heterocycles. The van der Waals surface area contributed by atoms with E-state index in [4.69, 9.17) is 0 Å². The Kier molecular flexibility index (Phi) is 5.22. The second kappa shape index (κ2) is 7.78. The van der Waals surface area contributed by atoms with Gasteiger partial charge in [0, 0.05) is 37.7 Å². The van der Waals surface area contributed by atoms with E-state index in [2.05, 4.69) is 16.0 Å². The van der Waals surface area contributed by atoms with Gasteiger partial charge in [-0.15, -0.1) is 0 Å². The van der Waals surface area contributed by atoms with Crippen molar-refractivity contribution in [1.29, 1.82) is 0 Å². The van der Waals surface area contributed by atoms with Gasteiger partial charge in [0.05, 0.1) is 0 Å². The number of carbonyl (C=O) groups is 3. The van der Waals surface area contributed by atoms with Crippen LogP contribution in [-0.4, -0.2) is 47.8 Å². The first-order chi connectivity index (χ1) is 13.1. The van der Waals surface area contributed by atoms with Gasteiger partial charge < -0.3 is 15.5 Å². The van der Waals surface area contributed by atoms with Crippen molar-refractivity contribution in [3.63, 3.8) is 0 Å². The van der Waals surface area contributed by atoms with Crippen LogP contribution in [0.4, 0.5) is 0 Å². The second-order valence-electron chi connectivity index (χ2n) is 7.67. The molecule has 0 bridgehead atoms. The average Bonchev–Trinajstić information content (AvgIpc) is 2.99. The van der Waals surface area contributed by atoms with Crippen molar-refractivity contribution in [1.82, 2.24) is 20.9 Å². The molecule has 3 amide bonds. The highest BCUT2D eigenvalue weighted by Gasteiger charge is 2.39. The summed E-state index contributed by atoms with van der Waals surface area (Å²) < 4.78 is 0. The molecule has 7 nitrogen and oxygen atoms in total. The van der Waals surface area contributed by atoms with Gasteiger partial charge in [-0.1, -0.05) is 18.6 Å². The van der Waals surface area contributed by atoms with Gasteiger partial charge in [-0.3, -0.25) is 19.7 Å². The van der Waals surface area contributed by atoms with Gasteiger partial charge in [-0.2, -0.15) is 0 Å². The van der Waals surface area contributed by atoms with E-state index in [0.717, 1.165) is 30.8 Å². The fourth-order valence-corrected chi connectivity index (χ4v) is 4.20. The molecule has 3 aliphatic heterocycles. The van der Waals surface area contributed by atoms with E-state index in [9.17, 15) is 14.4 Å². The van der Waals surface area contributed by atoms with Crippen LogP contribution in [-0.2, 0) is 22.7 Å². The van der Waals surface area contributed by atoms with Crippen molar-refractivity contribution in [2.45, 2.75) is 57.3 Å². The molecular weight excluding hydrogens is 344 g/mol. The number of hydrogen-bond donors (Lipinski definition) is 3. The largest absolute Gasteiger partial charge is 0.322 e.